The summed E-state index contributed by atoms with van der Waals surface area (Å²) in [7, 11) is 0. The molecule has 27 heavy (non-hydrogen) atoms. The molecule has 0 aliphatic heterocycles. The summed E-state index contributed by atoms with van der Waals surface area (Å²) in [4.78, 5) is 20.2. The predicted molar refractivity (Wildman–Crippen MR) is 110 cm³/mol. The van der Waals surface area contributed by atoms with Crippen molar-refractivity contribution in [3.63, 3.8) is 0 Å². The number of nitrogens with one attached hydrogen (secondary N) is 3. The average Bonchev–Trinajstić information content (AvgIpc) is 2.64. The second-order valence-corrected chi connectivity index (χ2v) is 6.63. The molecule has 0 saturated heterocycles. The number of halogens is 3. The van der Waals surface area contributed by atoms with Crippen molar-refractivity contribution < 1.29 is 4.79 Å². The molecular formula is C18H14Cl3N5O. The summed E-state index contributed by atoms with van der Waals surface area (Å²) < 4.78 is 0. The molecule has 0 aliphatic rings. The maximum absolute atomic E-state index is 12.2. The van der Waals surface area contributed by atoms with Crippen LogP contribution in [0, 0.1) is 0 Å². The van der Waals surface area contributed by atoms with Gasteiger partial charge in [-0.15, -0.1) is 0 Å². The van der Waals surface area contributed by atoms with E-state index < -0.39 is 6.03 Å². The molecule has 1 heterocycles. The second kappa shape index (κ2) is 8.90. The molecule has 0 unspecified atom stereocenters. The van der Waals surface area contributed by atoms with Gasteiger partial charge in [0.1, 0.15) is 0 Å². The number of hydrogen-bond acceptors (Lipinski definition) is 4. The maximum Gasteiger partial charge on any atom is 0.323 e. The van der Waals surface area contributed by atoms with E-state index >= 15 is 0 Å². The fourth-order valence-electron chi connectivity index (χ4n) is 2.25. The first-order valence-corrected chi connectivity index (χ1v) is 8.97. The zero-order valence-electron chi connectivity index (χ0n) is 13.8. The Morgan fingerprint density at radius 2 is 1.63 bits per heavy atom. The third kappa shape index (κ3) is 5.47. The number of anilines is 3. The molecule has 1 aromatic heterocycles. The fraction of sp³-hybridized carbons (Fsp3) is 0.0556. The zero-order valence-corrected chi connectivity index (χ0v) is 16.1. The van der Waals surface area contributed by atoms with Crippen molar-refractivity contribution in [1.82, 2.24) is 9.97 Å². The van der Waals surface area contributed by atoms with Crippen LogP contribution in [0.1, 0.15) is 5.56 Å². The number of carbonyl (C=O) groups is 1. The van der Waals surface area contributed by atoms with E-state index in [1.165, 1.54) is 6.20 Å². The summed E-state index contributed by atoms with van der Waals surface area (Å²) in [5.41, 5.74) is 2.11. The van der Waals surface area contributed by atoms with Crippen molar-refractivity contribution in [2.75, 3.05) is 16.0 Å². The van der Waals surface area contributed by atoms with Gasteiger partial charge in [0.05, 0.1) is 10.0 Å². The van der Waals surface area contributed by atoms with Crippen LogP contribution >= 0.6 is 34.8 Å². The van der Waals surface area contributed by atoms with Crippen molar-refractivity contribution in [2.24, 2.45) is 0 Å². The Morgan fingerprint density at radius 3 is 2.37 bits per heavy atom. The summed E-state index contributed by atoms with van der Waals surface area (Å²) in [6.45, 7) is 0.475. The van der Waals surface area contributed by atoms with Gasteiger partial charge in [-0.05, 0) is 35.9 Å². The smallest absolute Gasteiger partial charge is 0.323 e. The minimum absolute atomic E-state index is 0.299. The van der Waals surface area contributed by atoms with Gasteiger partial charge >= 0.3 is 6.03 Å². The van der Waals surface area contributed by atoms with Gasteiger partial charge < -0.3 is 16.0 Å². The molecule has 0 radical (unpaired) electrons. The molecule has 3 rings (SSSR count). The van der Waals surface area contributed by atoms with Crippen LogP contribution in [0.25, 0.3) is 0 Å². The molecule has 0 bridgehead atoms. The van der Waals surface area contributed by atoms with E-state index in [9.17, 15) is 4.79 Å². The van der Waals surface area contributed by atoms with Crippen LogP contribution in [0.5, 0.6) is 0 Å². The normalized spacial score (nSPS) is 10.3. The highest BCUT2D eigenvalue weighted by atomic mass is 35.5. The van der Waals surface area contributed by atoms with Crippen molar-refractivity contribution in [1.29, 1.82) is 0 Å². The van der Waals surface area contributed by atoms with E-state index in [0.29, 0.717) is 38.9 Å². The molecule has 0 spiro atoms. The quantitative estimate of drug-likeness (QED) is 0.493. The van der Waals surface area contributed by atoms with Gasteiger partial charge in [0.25, 0.3) is 0 Å². The summed E-state index contributed by atoms with van der Waals surface area (Å²) in [5.74, 6) is 0.495. The number of urea groups is 1. The molecule has 2 amide bonds. The Bertz CT molecular complexity index is 967. The van der Waals surface area contributed by atoms with E-state index in [2.05, 4.69) is 25.9 Å². The van der Waals surface area contributed by atoms with Crippen LogP contribution in [0.2, 0.25) is 15.2 Å². The SMILES string of the molecule is O=C(Nc1cccc(CNc2nccnc2Cl)c1)Nc1ccc(Cl)c(Cl)c1. The number of rotatable bonds is 5. The van der Waals surface area contributed by atoms with Crippen LogP contribution in [0.3, 0.4) is 0 Å². The van der Waals surface area contributed by atoms with Gasteiger partial charge in [0, 0.05) is 30.3 Å². The van der Waals surface area contributed by atoms with Crippen molar-refractivity contribution in [2.45, 2.75) is 6.54 Å². The molecule has 3 N–H and O–H groups in total. The second-order valence-electron chi connectivity index (χ2n) is 5.46. The van der Waals surface area contributed by atoms with Crippen LogP contribution in [0.4, 0.5) is 22.0 Å². The third-order valence-electron chi connectivity index (χ3n) is 3.48. The van der Waals surface area contributed by atoms with Gasteiger partial charge in [0.2, 0.25) is 0 Å². The van der Waals surface area contributed by atoms with E-state index in [-0.39, 0.29) is 0 Å². The first-order chi connectivity index (χ1) is 13.0. The van der Waals surface area contributed by atoms with Crippen LogP contribution in [-0.4, -0.2) is 16.0 Å². The summed E-state index contributed by atoms with van der Waals surface area (Å²) >= 11 is 17.8. The lowest BCUT2D eigenvalue weighted by Crippen LogP contribution is -2.19. The van der Waals surface area contributed by atoms with Crippen molar-refractivity contribution >= 4 is 58.0 Å². The highest BCUT2D eigenvalue weighted by Gasteiger charge is 2.06. The minimum atomic E-state index is -0.393. The number of aromatic nitrogens is 2. The van der Waals surface area contributed by atoms with Gasteiger partial charge in [-0.2, -0.15) is 0 Å². The molecule has 138 valence electrons. The molecule has 6 nitrogen and oxygen atoms in total. The van der Waals surface area contributed by atoms with Crippen LogP contribution in [-0.2, 0) is 6.54 Å². The maximum atomic E-state index is 12.2. The molecular weight excluding hydrogens is 409 g/mol. The average molecular weight is 423 g/mol. The van der Waals surface area contributed by atoms with Gasteiger partial charge in [-0.25, -0.2) is 14.8 Å². The lowest BCUT2D eigenvalue weighted by Gasteiger charge is -2.10. The Labute approximate surface area is 170 Å². The van der Waals surface area contributed by atoms with E-state index in [4.69, 9.17) is 34.8 Å². The molecule has 0 aliphatic carbocycles. The third-order valence-corrected chi connectivity index (χ3v) is 4.49. The first-order valence-electron chi connectivity index (χ1n) is 7.83. The zero-order chi connectivity index (χ0) is 19.2. The summed E-state index contributed by atoms with van der Waals surface area (Å²) in [5, 5.41) is 9.65. The molecule has 0 saturated carbocycles. The van der Waals surface area contributed by atoms with Crippen LogP contribution < -0.4 is 16.0 Å². The van der Waals surface area contributed by atoms with Crippen molar-refractivity contribution in [3.05, 3.63) is 75.6 Å². The fourth-order valence-corrected chi connectivity index (χ4v) is 2.72. The number of amides is 2. The van der Waals surface area contributed by atoms with E-state index in [1.54, 1.807) is 30.5 Å². The summed E-state index contributed by atoms with van der Waals surface area (Å²) in [6, 6.07) is 11.8. The first kappa shape index (κ1) is 19.2. The lowest BCUT2D eigenvalue weighted by molar-refractivity contribution is 0.262. The Morgan fingerprint density at radius 1 is 0.889 bits per heavy atom. The predicted octanol–water partition coefficient (Wildman–Crippen LogP) is 5.69. The van der Waals surface area contributed by atoms with Gasteiger partial charge in [0.15, 0.2) is 11.0 Å². The largest absolute Gasteiger partial charge is 0.363 e. The molecule has 0 atom stereocenters. The highest BCUT2D eigenvalue weighted by Crippen LogP contribution is 2.25. The Kier molecular flexibility index (Phi) is 6.34. The number of nitrogens with zero attached hydrogens (tertiary/aromatic N) is 2. The van der Waals surface area contributed by atoms with E-state index in [0.717, 1.165) is 5.56 Å². The molecule has 3 aromatic rings. The molecule has 2 aromatic carbocycles. The van der Waals surface area contributed by atoms with Crippen LogP contribution in [0.15, 0.2) is 54.9 Å². The van der Waals surface area contributed by atoms with Gasteiger partial charge in [-0.3, -0.25) is 0 Å². The Balaban J connectivity index is 1.60. The highest BCUT2D eigenvalue weighted by molar-refractivity contribution is 6.42. The monoisotopic (exact) mass is 421 g/mol. The topological polar surface area (TPSA) is 78.9 Å². The van der Waals surface area contributed by atoms with Crippen molar-refractivity contribution in [3.8, 4) is 0 Å². The number of benzene rings is 2. The van der Waals surface area contributed by atoms with E-state index in [1.807, 2.05) is 18.2 Å². The minimum Gasteiger partial charge on any atom is -0.363 e. The lowest BCUT2D eigenvalue weighted by atomic mass is 10.2. The van der Waals surface area contributed by atoms with Gasteiger partial charge in [-0.1, -0.05) is 46.9 Å². The number of carbonyl (C=O) groups excluding carboxylic acids is 1. The Hall–Kier alpha value is -2.54. The summed E-state index contributed by atoms with van der Waals surface area (Å²) in [6.07, 6.45) is 3.07. The molecule has 9 heteroatoms. The number of hydrogen-bond donors (Lipinski definition) is 3. The standard InChI is InChI=1S/C18H14Cl3N5O/c19-14-5-4-13(9-15(14)20)26-18(27)25-12-3-1-2-11(8-12)10-24-17-16(21)22-6-7-23-17/h1-9H,10H2,(H,23,24)(H2,25,26,27). The molecule has 0 fully saturated rings.